The lowest BCUT2D eigenvalue weighted by Crippen LogP contribution is -2.43. The molecule has 0 saturated heterocycles. The van der Waals surface area contributed by atoms with Crippen molar-refractivity contribution in [2.24, 2.45) is 13.0 Å². The van der Waals surface area contributed by atoms with Gasteiger partial charge in [0, 0.05) is 43.2 Å². The molecule has 0 aliphatic heterocycles. The van der Waals surface area contributed by atoms with Gasteiger partial charge in [0.05, 0.1) is 11.4 Å². The SMILES string of the molecule is Cn1ccnc1CN(C(=O)[C@H]1CC[C@@H]1c1ccccc1)c1ccc2c(c1)[C@@H](NS(=O)(=O)c1ccc(F)c([ClH+])c1)CCC2. The Morgan fingerprint density at radius 2 is 1.90 bits per heavy atom. The zero-order chi connectivity index (χ0) is 29.4. The molecule has 2 aliphatic rings. The zero-order valence-electron chi connectivity index (χ0n) is 23.2. The molecule has 0 bridgehead atoms. The summed E-state index contributed by atoms with van der Waals surface area (Å²) in [4.78, 5) is 20.4. The number of amides is 1. The van der Waals surface area contributed by atoms with E-state index in [-0.39, 0.29) is 27.7 Å². The Morgan fingerprint density at radius 3 is 2.60 bits per heavy atom. The molecule has 1 heterocycles. The number of carbonyl (C=O) groups is 1. The smallest absolute Gasteiger partial charge is 0.262 e. The van der Waals surface area contributed by atoms with Gasteiger partial charge in [0.2, 0.25) is 15.9 Å². The molecule has 0 unspecified atom stereocenters. The van der Waals surface area contributed by atoms with Crippen molar-refractivity contribution in [3.05, 3.63) is 112 Å². The van der Waals surface area contributed by atoms with Gasteiger partial charge in [-0.25, -0.2) is 22.5 Å². The molecule has 1 amide bonds. The second-order valence-corrected chi connectivity index (χ2v) is 13.3. The van der Waals surface area contributed by atoms with Crippen LogP contribution in [0.25, 0.3) is 0 Å². The largest absolute Gasteiger partial charge is 0.337 e. The molecule has 4 aromatic rings. The van der Waals surface area contributed by atoms with Crippen molar-refractivity contribution in [3.8, 4) is 0 Å². The van der Waals surface area contributed by atoms with Crippen LogP contribution in [0.3, 0.4) is 0 Å². The molecule has 0 radical (unpaired) electrons. The van der Waals surface area contributed by atoms with Crippen LogP contribution >= 0.6 is 0 Å². The van der Waals surface area contributed by atoms with Gasteiger partial charge in [-0.3, -0.25) is 4.79 Å². The Hall–Kier alpha value is -3.53. The minimum atomic E-state index is -3.96. The van der Waals surface area contributed by atoms with Gasteiger partial charge >= 0.3 is 0 Å². The summed E-state index contributed by atoms with van der Waals surface area (Å²) >= 11 is 4.97. The van der Waals surface area contributed by atoms with Crippen molar-refractivity contribution in [1.29, 1.82) is 0 Å². The zero-order valence-corrected chi connectivity index (χ0v) is 24.9. The fourth-order valence-corrected chi connectivity index (χ4v) is 7.61. The maximum absolute atomic E-state index is 14.2. The molecule has 218 valence electrons. The third-order valence-corrected chi connectivity index (χ3v) is 10.4. The summed E-state index contributed by atoms with van der Waals surface area (Å²) in [5, 5.41) is -0.141. The topological polar surface area (TPSA) is 84.3 Å². The molecule has 1 N–H and O–H groups in total. The van der Waals surface area contributed by atoms with E-state index in [9.17, 15) is 17.6 Å². The number of fused-ring (bicyclic) bond motifs is 1. The molecule has 6 rings (SSSR count). The van der Waals surface area contributed by atoms with Gasteiger partial charge in [0.25, 0.3) is 5.02 Å². The van der Waals surface area contributed by atoms with E-state index in [1.165, 1.54) is 17.7 Å². The molecule has 10 heteroatoms. The monoisotopic (exact) mass is 607 g/mol. The molecule has 42 heavy (non-hydrogen) atoms. The van der Waals surface area contributed by atoms with Crippen molar-refractivity contribution in [2.45, 2.75) is 55.5 Å². The number of halogens is 2. The standard InChI is InChI=1S/C32H33ClFN4O3S/c1-37-17-16-35-31(37)20-38(32(39)26-14-13-25(26)21-6-3-2-4-7-21)23-11-10-22-8-5-9-30(27(22)18-23)36-42(40,41)24-12-15-29(34)28(33)19-24/h2-4,6-7,10-12,15-19,25-26,30,33,36H,5,8-9,13-14,20H2,1H3/q+1/t25-,26+,30+/m1/s1. The predicted octanol–water partition coefficient (Wildman–Crippen LogP) is 5.34. The highest BCUT2D eigenvalue weighted by molar-refractivity contribution is 7.89. The highest BCUT2D eigenvalue weighted by Gasteiger charge is 2.40. The Balaban J connectivity index is 1.33. The Labute approximate surface area is 250 Å². The van der Waals surface area contributed by atoms with Crippen molar-refractivity contribution in [3.63, 3.8) is 0 Å². The molecule has 2 aliphatic carbocycles. The summed E-state index contributed by atoms with van der Waals surface area (Å²) in [6, 6.07) is 19.0. The first-order valence-corrected chi connectivity index (χ1v) is 16.0. The van der Waals surface area contributed by atoms with E-state index in [0.29, 0.717) is 18.7 Å². The van der Waals surface area contributed by atoms with Gasteiger partial charge in [-0.15, -0.1) is 0 Å². The molecule has 0 spiro atoms. The maximum Gasteiger partial charge on any atom is 0.262 e. The second kappa shape index (κ2) is 11.6. The molecule has 1 fully saturated rings. The molecular weight excluding hydrogens is 575 g/mol. The lowest BCUT2D eigenvalue weighted by Gasteiger charge is -2.39. The minimum Gasteiger partial charge on any atom is -0.337 e. The maximum atomic E-state index is 14.2. The van der Waals surface area contributed by atoms with Crippen LogP contribution in [0.15, 0.2) is 84.0 Å². The normalized spacial score (nSPS) is 20.0. The number of aromatic nitrogens is 2. The fourth-order valence-electron chi connectivity index (χ4n) is 6.06. The molecule has 3 aromatic carbocycles. The van der Waals surface area contributed by atoms with E-state index in [4.69, 9.17) is 11.6 Å². The highest BCUT2D eigenvalue weighted by Crippen LogP contribution is 2.44. The molecule has 1 aromatic heterocycles. The summed E-state index contributed by atoms with van der Waals surface area (Å²) in [6.07, 6.45) is 7.57. The highest BCUT2D eigenvalue weighted by atomic mass is 35.5. The number of hydrogen-bond acceptors (Lipinski definition) is 4. The number of sulfonamides is 1. The van der Waals surface area contributed by atoms with Crippen LogP contribution in [0, 0.1) is 23.3 Å². The summed E-state index contributed by atoms with van der Waals surface area (Å²) in [5.41, 5.74) is 3.76. The first-order chi connectivity index (χ1) is 20.2. The first-order valence-electron chi connectivity index (χ1n) is 14.2. The number of carbonyl (C=O) groups excluding carboxylic acids is 1. The summed E-state index contributed by atoms with van der Waals surface area (Å²) < 4.78 is 45.1. The lowest BCUT2D eigenvalue weighted by molar-refractivity contribution is -0.293. The van der Waals surface area contributed by atoms with Crippen LogP contribution in [0.4, 0.5) is 10.1 Å². The van der Waals surface area contributed by atoms with Crippen LogP contribution in [-0.2, 0) is 34.8 Å². The predicted molar refractivity (Wildman–Crippen MR) is 156 cm³/mol. The van der Waals surface area contributed by atoms with E-state index in [1.54, 1.807) is 11.1 Å². The molecule has 3 atom stereocenters. The molecule has 7 nitrogen and oxygen atoms in total. The third-order valence-electron chi connectivity index (χ3n) is 8.57. The number of benzene rings is 3. The number of hydrogen-bond donors (Lipinski definition) is 1. The number of nitrogens with one attached hydrogen (secondary N) is 1. The summed E-state index contributed by atoms with van der Waals surface area (Å²) in [5.74, 6) is 0.170. The third kappa shape index (κ3) is 5.61. The van der Waals surface area contributed by atoms with E-state index >= 15 is 0 Å². The number of imidazole rings is 1. The fraction of sp³-hybridized carbons (Fsp3) is 0.312. The second-order valence-electron chi connectivity index (χ2n) is 11.1. The van der Waals surface area contributed by atoms with Crippen LogP contribution < -0.4 is 9.62 Å². The summed E-state index contributed by atoms with van der Waals surface area (Å²) in [7, 11) is -2.06. The summed E-state index contributed by atoms with van der Waals surface area (Å²) in [6.45, 7) is 0.298. The van der Waals surface area contributed by atoms with Gasteiger partial charge in [-0.1, -0.05) is 36.4 Å². The quantitative estimate of drug-likeness (QED) is 0.293. The number of aryl methyl sites for hydroxylation is 2. The lowest BCUT2D eigenvalue weighted by atomic mass is 9.69. The first kappa shape index (κ1) is 28.6. The van der Waals surface area contributed by atoms with Crippen LogP contribution in [-0.4, -0.2) is 23.9 Å². The van der Waals surface area contributed by atoms with Crippen molar-refractivity contribution in [1.82, 2.24) is 14.3 Å². The van der Waals surface area contributed by atoms with E-state index in [0.717, 1.165) is 48.7 Å². The average Bonchev–Trinajstić information content (AvgIpc) is 3.37. The van der Waals surface area contributed by atoms with Crippen LogP contribution in [0.5, 0.6) is 0 Å². The van der Waals surface area contributed by atoms with Gasteiger partial charge < -0.3 is 9.47 Å². The van der Waals surface area contributed by atoms with E-state index in [2.05, 4.69) is 21.8 Å². The van der Waals surface area contributed by atoms with Gasteiger partial charge in [0.15, 0.2) is 17.4 Å². The van der Waals surface area contributed by atoms with Crippen molar-refractivity contribution >= 4 is 21.6 Å². The van der Waals surface area contributed by atoms with Gasteiger partial charge in [-0.05, 0) is 79.0 Å². The number of nitrogens with zero attached hydrogens (tertiary/aromatic N) is 3. The van der Waals surface area contributed by atoms with Crippen LogP contribution in [0.1, 0.15) is 60.2 Å². The minimum absolute atomic E-state index is 0.0373. The number of rotatable bonds is 8. The van der Waals surface area contributed by atoms with Gasteiger partial charge in [0.1, 0.15) is 5.82 Å². The average molecular weight is 608 g/mol. The Bertz CT molecular complexity index is 1730. The Kier molecular flexibility index (Phi) is 7.91. The van der Waals surface area contributed by atoms with Crippen molar-refractivity contribution in [2.75, 3.05) is 4.90 Å². The van der Waals surface area contributed by atoms with Gasteiger partial charge in [-0.2, -0.15) is 0 Å². The van der Waals surface area contributed by atoms with E-state index < -0.39 is 21.9 Å². The molecular formula is C32H33ClFN4O3S+. The Morgan fingerprint density at radius 1 is 1.10 bits per heavy atom. The number of anilines is 1. The van der Waals surface area contributed by atoms with Crippen molar-refractivity contribution < 1.29 is 29.2 Å². The molecule has 1 saturated carbocycles. The van der Waals surface area contributed by atoms with E-state index in [1.807, 2.05) is 54.2 Å². The van der Waals surface area contributed by atoms with Crippen LogP contribution in [0.2, 0.25) is 5.02 Å².